The number of hydrogen-bond donors (Lipinski definition) is 3. The van der Waals surface area contributed by atoms with E-state index in [2.05, 4.69) is 20.0 Å². The van der Waals surface area contributed by atoms with Gasteiger partial charge in [-0.1, -0.05) is 5.16 Å². The number of hydrogen-bond acceptors (Lipinski definition) is 6. The Morgan fingerprint density at radius 3 is 2.60 bits per heavy atom. The van der Waals surface area contributed by atoms with Gasteiger partial charge in [0.1, 0.15) is 11.6 Å². The van der Waals surface area contributed by atoms with Crippen LogP contribution in [-0.2, 0) is 16.0 Å². The minimum absolute atomic E-state index is 0.0387. The first kappa shape index (κ1) is 15.7. The maximum atomic E-state index is 11.5. The number of aryl methyl sites for hydroxylation is 1. The summed E-state index contributed by atoms with van der Waals surface area (Å²) in [6.45, 7) is 5.01. The van der Waals surface area contributed by atoms with Crippen LogP contribution in [0, 0.1) is 0 Å². The standard InChI is InChI=1S/C11H17N3O6/c1-11(2,3)19-9(17)12-6(8(15)16)4-5-7-13-10(18)20-14-7/h6H,4-5H2,1-3H3,(H,12,17)(H,15,16)(H,13,14,18)/t6-/m0/s1. The molecule has 9 nitrogen and oxygen atoms in total. The topological polar surface area (TPSA) is 135 Å². The van der Waals surface area contributed by atoms with E-state index in [1.165, 1.54) is 0 Å². The number of carboxylic acid groups (broad SMARTS) is 1. The lowest BCUT2D eigenvalue weighted by molar-refractivity contribution is -0.139. The number of rotatable bonds is 5. The van der Waals surface area contributed by atoms with Gasteiger partial charge >= 0.3 is 17.8 Å². The van der Waals surface area contributed by atoms with Crippen LogP contribution in [0.15, 0.2) is 9.32 Å². The Bertz CT molecular complexity index is 527. The van der Waals surface area contributed by atoms with Crippen LogP contribution in [0.3, 0.4) is 0 Å². The molecule has 1 atom stereocenters. The molecule has 0 fully saturated rings. The van der Waals surface area contributed by atoms with Gasteiger partial charge in [-0.3, -0.25) is 9.51 Å². The predicted octanol–water partition coefficient (Wildman–Crippen LogP) is 0.273. The zero-order chi connectivity index (χ0) is 15.3. The van der Waals surface area contributed by atoms with E-state index >= 15 is 0 Å². The molecule has 0 bridgehead atoms. The Balaban J connectivity index is 2.54. The maximum absolute atomic E-state index is 11.5. The lowest BCUT2D eigenvalue weighted by atomic mass is 10.1. The number of H-pyrrole nitrogens is 1. The first-order valence-corrected chi connectivity index (χ1v) is 5.94. The first-order valence-electron chi connectivity index (χ1n) is 5.94. The van der Waals surface area contributed by atoms with E-state index in [0.717, 1.165) is 0 Å². The molecule has 0 spiro atoms. The summed E-state index contributed by atoms with van der Waals surface area (Å²) in [5, 5.41) is 14.7. The highest BCUT2D eigenvalue weighted by molar-refractivity contribution is 5.79. The fourth-order valence-corrected chi connectivity index (χ4v) is 1.36. The number of nitrogens with zero attached hydrogens (tertiary/aromatic N) is 1. The Kier molecular flexibility index (Phi) is 4.89. The molecular formula is C11H17N3O6. The van der Waals surface area contributed by atoms with Crippen LogP contribution in [0.1, 0.15) is 33.0 Å². The Hall–Kier alpha value is -2.32. The SMILES string of the molecule is CC(C)(C)OC(=O)N[C@@H](CCc1noc(=O)[nH]1)C(=O)O. The molecule has 0 saturated carbocycles. The largest absolute Gasteiger partial charge is 0.480 e. The minimum atomic E-state index is -1.21. The molecular weight excluding hydrogens is 270 g/mol. The summed E-state index contributed by atoms with van der Waals surface area (Å²) in [7, 11) is 0. The second-order valence-corrected chi connectivity index (χ2v) is 5.12. The van der Waals surface area contributed by atoms with Crippen LogP contribution in [0.5, 0.6) is 0 Å². The minimum Gasteiger partial charge on any atom is -0.480 e. The maximum Gasteiger partial charge on any atom is 0.438 e. The molecule has 0 radical (unpaired) electrons. The number of aliphatic carboxylic acids is 1. The van der Waals surface area contributed by atoms with Crippen LogP contribution < -0.4 is 11.1 Å². The van der Waals surface area contributed by atoms with E-state index in [1.807, 2.05) is 0 Å². The molecule has 0 aliphatic carbocycles. The van der Waals surface area contributed by atoms with E-state index in [0.29, 0.717) is 0 Å². The van der Waals surface area contributed by atoms with Gasteiger partial charge in [0.2, 0.25) is 0 Å². The highest BCUT2D eigenvalue weighted by atomic mass is 16.6. The van der Waals surface area contributed by atoms with Crippen LogP contribution in [0.4, 0.5) is 4.79 Å². The van der Waals surface area contributed by atoms with Crippen molar-refractivity contribution in [3.05, 3.63) is 16.4 Å². The van der Waals surface area contributed by atoms with Crippen molar-refractivity contribution in [3.8, 4) is 0 Å². The molecule has 0 unspecified atom stereocenters. The van der Waals surface area contributed by atoms with Gasteiger partial charge in [-0.2, -0.15) is 0 Å². The number of carbonyl (C=O) groups is 2. The average molecular weight is 287 g/mol. The fraction of sp³-hybridized carbons (Fsp3) is 0.636. The third-order valence-corrected chi connectivity index (χ3v) is 2.14. The molecule has 9 heteroatoms. The van der Waals surface area contributed by atoms with E-state index in [9.17, 15) is 14.4 Å². The quantitative estimate of drug-likeness (QED) is 0.707. The summed E-state index contributed by atoms with van der Waals surface area (Å²) in [4.78, 5) is 35.5. The number of carboxylic acids is 1. The van der Waals surface area contributed by atoms with Crippen molar-refractivity contribution in [2.45, 2.75) is 45.3 Å². The second kappa shape index (κ2) is 6.22. The van der Waals surface area contributed by atoms with E-state index in [-0.39, 0.29) is 18.7 Å². The van der Waals surface area contributed by atoms with Crippen LogP contribution in [0.2, 0.25) is 0 Å². The van der Waals surface area contributed by atoms with Crippen molar-refractivity contribution in [2.75, 3.05) is 0 Å². The monoisotopic (exact) mass is 287 g/mol. The van der Waals surface area contributed by atoms with Crippen LogP contribution >= 0.6 is 0 Å². The number of aromatic nitrogens is 2. The number of ether oxygens (including phenoxy) is 1. The van der Waals surface area contributed by atoms with Crippen molar-refractivity contribution in [1.29, 1.82) is 0 Å². The van der Waals surface area contributed by atoms with Gasteiger partial charge in [0.05, 0.1) is 0 Å². The van der Waals surface area contributed by atoms with E-state index in [1.54, 1.807) is 20.8 Å². The number of carbonyl (C=O) groups excluding carboxylic acids is 1. The Morgan fingerprint density at radius 1 is 1.50 bits per heavy atom. The number of nitrogens with one attached hydrogen (secondary N) is 2. The first-order chi connectivity index (χ1) is 9.17. The molecule has 1 aromatic heterocycles. The van der Waals surface area contributed by atoms with Gasteiger partial charge < -0.3 is 15.2 Å². The van der Waals surface area contributed by atoms with Crippen LogP contribution in [-0.4, -0.2) is 39.0 Å². The highest BCUT2D eigenvalue weighted by Gasteiger charge is 2.24. The highest BCUT2D eigenvalue weighted by Crippen LogP contribution is 2.07. The van der Waals surface area contributed by atoms with Crippen molar-refractivity contribution in [1.82, 2.24) is 15.5 Å². The molecule has 112 valence electrons. The predicted molar refractivity (Wildman–Crippen MR) is 66.2 cm³/mol. The zero-order valence-corrected chi connectivity index (χ0v) is 11.4. The van der Waals surface area contributed by atoms with E-state index in [4.69, 9.17) is 9.84 Å². The van der Waals surface area contributed by atoms with Crippen molar-refractivity contribution < 1.29 is 24.0 Å². The second-order valence-electron chi connectivity index (χ2n) is 5.12. The molecule has 0 saturated heterocycles. The smallest absolute Gasteiger partial charge is 0.438 e. The van der Waals surface area contributed by atoms with E-state index < -0.39 is 29.5 Å². The van der Waals surface area contributed by atoms with Crippen molar-refractivity contribution in [3.63, 3.8) is 0 Å². The Labute approximate surface area is 114 Å². The molecule has 1 amide bonds. The van der Waals surface area contributed by atoms with Crippen LogP contribution in [0.25, 0.3) is 0 Å². The van der Waals surface area contributed by atoms with Crippen molar-refractivity contribution in [2.24, 2.45) is 0 Å². The summed E-state index contributed by atoms with van der Waals surface area (Å²) >= 11 is 0. The molecule has 20 heavy (non-hydrogen) atoms. The summed E-state index contributed by atoms with van der Waals surface area (Å²) in [5.74, 6) is -1.71. The van der Waals surface area contributed by atoms with Gasteiger partial charge in [0.25, 0.3) is 0 Å². The molecule has 3 N–H and O–H groups in total. The molecule has 0 aromatic carbocycles. The Morgan fingerprint density at radius 2 is 2.15 bits per heavy atom. The summed E-state index contributed by atoms with van der Waals surface area (Å²) < 4.78 is 9.25. The molecule has 1 aromatic rings. The summed E-state index contributed by atoms with van der Waals surface area (Å²) in [5.41, 5.74) is -0.718. The number of aromatic amines is 1. The molecule has 0 aliphatic heterocycles. The number of alkyl carbamates (subject to hydrolysis) is 1. The third-order valence-electron chi connectivity index (χ3n) is 2.14. The number of amides is 1. The average Bonchev–Trinajstić information content (AvgIpc) is 2.67. The van der Waals surface area contributed by atoms with Crippen molar-refractivity contribution >= 4 is 12.1 Å². The molecule has 0 aliphatic rings. The normalized spacial score (nSPS) is 12.8. The molecule has 1 heterocycles. The van der Waals surface area contributed by atoms with Gasteiger partial charge in [0, 0.05) is 6.42 Å². The molecule has 1 rings (SSSR count). The third kappa shape index (κ3) is 5.55. The lowest BCUT2D eigenvalue weighted by Crippen LogP contribution is -2.43. The fourth-order valence-electron chi connectivity index (χ4n) is 1.36. The summed E-state index contributed by atoms with van der Waals surface area (Å²) in [6, 6.07) is -1.15. The zero-order valence-electron chi connectivity index (χ0n) is 11.4. The lowest BCUT2D eigenvalue weighted by Gasteiger charge is -2.21. The summed E-state index contributed by atoms with van der Waals surface area (Å²) in [6.07, 6.45) is -0.645. The van der Waals surface area contributed by atoms with Gasteiger partial charge in [-0.15, -0.1) is 0 Å². The van der Waals surface area contributed by atoms with Gasteiger partial charge in [-0.25, -0.2) is 14.4 Å². The van der Waals surface area contributed by atoms with Gasteiger partial charge in [-0.05, 0) is 27.2 Å². The van der Waals surface area contributed by atoms with Gasteiger partial charge in [0.15, 0.2) is 5.82 Å².